The molecule has 9 heteroatoms. The molecule has 3 rings (SSSR count). The van der Waals surface area contributed by atoms with Crippen molar-refractivity contribution in [1.82, 2.24) is 9.78 Å². The second kappa shape index (κ2) is 10.5. The normalized spacial score (nSPS) is 10.8. The predicted molar refractivity (Wildman–Crippen MR) is 117 cm³/mol. The van der Waals surface area contributed by atoms with Crippen LogP contribution in [0, 0.1) is 0 Å². The minimum Gasteiger partial charge on any atom is -0.494 e. The summed E-state index contributed by atoms with van der Waals surface area (Å²) in [6.45, 7) is 8.56. The van der Waals surface area contributed by atoms with E-state index in [0.29, 0.717) is 24.7 Å². The van der Waals surface area contributed by atoms with Crippen LogP contribution in [0.2, 0.25) is 0 Å². The predicted octanol–water partition coefficient (Wildman–Crippen LogP) is 4.29. The Morgan fingerprint density at radius 2 is 1.75 bits per heavy atom. The van der Waals surface area contributed by atoms with Crippen LogP contribution >= 0.6 is 0 Å². The van der Waals surface area contributed by atoms with Crippen LogP contribution in [0.3, 0.4) is 0 Å². The minimum absolute atomic E-state index is 0.0412. The number of carbonyl (C=O) groups is 2. The molecule has 0 aliphatic carbocycles. The number of anilines is 1. The Bertz CT molecular complexity index is 1050. The number of hydrogen-bond donors (Lipinski definition) is 1. The topological polar surface area (TPSA) is 105 Å². The van der Waals surface area contributed by atoms with Crippen LogP contribution in [0.25, 0.3) is 0 Å². The fraction of sp³-hybridized carbons (Fsp3) is 0.348. The summed E-state index contributed by atoms with van der Waals surface area (Å²) in [5, 5.41) is 6.85. The average molecular weight is 441 g/mol. The molecule has 2 heterocycles. The van der Waals surface area contributed by atoms with E-state index in [1.807, 2.05) is 26.0 Å². The summed E-state index contributed by atoms with van der Waals surface area (Å²) < 4.78 is 23.4. The molecule has 0 unspecified atom stereocenters. The number of esters is 1. The van der Waals surface area contributed by atoms with Crippen LogP contribution in [0.4, 0.5) is 5.69 Å². The van der Waals surface area contributed by atoms with Crippen LogP contribution < -0.4 is 14.8 Å². The Kier molecular flexibility index (Phi) is 7.54. The summed E-state index contributed by atoms with van der Waals surface area (Å²) in [5.74, 6) is 0.865. The highest BCUT2D eigenvalue weighted by Crippen LogP contribution is 2.21. The Hall–Kier alpha value is -3.75. The van der Waals surface area contributed by atoms with Gasteiger partial charge in [-0.2, -0.15) is 5.10 Å². The van der Waals surface area contributed by atoms with E-state index in [1.165, 1.54) is 0 Å². The van der Waals surface area contributed by atoms with Gasteiger partial charge in [-0.1, -0.05) is 0 Å². The van der Waals surface area contributed by atoms with Crippen molar-refractivity contribution in [2.45, 2.75) is 47.0 Å². The highest BCUT2D eigenvalue weighted by molar-refractivity contribution is 6.06. The lowest BCUT2D eigenvalue weighted by atomic mass is 10.3. The Labute approximate surface area is 186 Å². The van der Waals surface area contributed by atoms with Crippen molar-refractivity contribution in [3.63, 3.8) is 0 Å². The number of rotatable bonds is 10. The third-order valence-corrected chi connectivity index (χ3v) is 4.27. The first-order valence-electron chi connectivity index (χ1n) is 10.4. The lowest BCUT2D eigenvalue weighted by Crippen LogP contribution is -2.17. The summed E-state index contributed by atoms with van der Waals surface area (Å²) in [6, 6.07) is 10.4. The van der Waals surface area contributed by atoms with Gasteiger partial charge in [0, 0.05) is 12.7 Å². The van der Waals surface area contributed by atoms with Gasteiger partial charge in [-0.3, -0.25) is 9.48 Å². The molecule has 0 aliphatic heterocycles. The maximum Gasteiger partial charge on any atom is 0.361 e. The summed E-state index contributed by atoms with van der Waals surface area (Å²) in [7, 11) is 0. The third-order valence-electron chi connectivity index (χ3n) is 4.27. The largest absolute Gasteiger partial charge is 0.494 e. The van der Waals surface area contributed by atoms with Crippen molar-refractivity contribution in [1.29, 1.82) is 0 Å². The number of nitrogens with zero attached hydrogens (tertiary/aromatic N) is 2. The molecule has 0 aliphatic rings. The van der Waals surface area contributed by atoms with Crippen LogP contribution in [0.1, 0.15) is 54.5 Å². The average Bonchev–Trinajstić information content (AvgIpc) is 3.40. The van der Waals surface area contributed by atoms with E-state index in [2.05, 4.69) is 10.4 Å². The molecule has 170 valence electrons. The second-order valence-corrected chi connectivity index (χ2v) is 7.11. The number of aromatic nitrogens is 2. The van der Waals surface area contributed by atoms with E-state index in [4.69, 9.17) is 18.6 Å². The zero-order chi connectivity index (χ0) is 23.1. The van der Waals surface area contributed by atoms with Crippen LogP contribution in [0.5, 0.6) is 11.5 Å². The summed E-state index contributed by atoms with van der Waals surface area (Å²) in [6.07, 6.45) is 1.27. The van der Waals surface area contributed by atoms with Crippen molar-refractivity contribution >= 4 is 17.6 Å². The van der Waals surface area contributed by atoms with E-state index < -0.39 is 11.9 Å². The van der Waals surface area contributed by atoms with Crippen molar-refractivity contribution in [3.8, 4) is 11.5 Å². The molecule has 0 atom stereocenters. The molecule has 1 aromatic carbocycles. The molecule has 0 saturated carbocycles. The van der Waals surface area contributed by atoms with Gasteiger partial charge in [-0.25, -0.2) is 4.79 Å². The Balaban J connectivity index is 1.63. The first-order chi connectivity index (χ1) is 15.4. The molecule has 3 aromatic rings. The fourth-order valence-electron chi connectivity index (χ4n) is 2.81. The van der Waals surface area contributed by atoms with Gasteiger partial charge < -0.3 is 23.9 Å². The lowest BCUT2D eigenvalue weighted by Gasteiger charge is -2.07. The smallest absolute Gasteiger partial charge is 0.361 e. The molecule has 9 nitrogen and oxygen atoms in total. The molecular formula is C23H27N3O6. The zero-order valence-corrected chi connectivity index (χ0v) is 18.6. The highest BCUT2D eigenvalue weighted by Gasteiger charge is 2.22. The number of benzene rings is 1. The highest BCUT2D eigenvalue weighted by atomic mass is 16.5. The number of aryl methyl sites for hydroxylation is 1. The number of furan rings is 1. The van der Waals surface area contributed by atoms with Gasteiger partial charge in [0.15, 0.2) is 11.5 Å². The molecule has 1 amide bonds. The van der Waals surface area contributed by atoms with Gasteiger partial charge in [0.05, 0.1) is 18.4 Å². The van der Waals surface area contributed by atoms with Gasteiger partial charge in [0.1, 0.15) is 23.9 Å². The van der Waals surface area contributed by atoms with Gasteiger partial charge in [-0.05, 0) is 64.1 Å². The Morgan fingerprint density at radius 1 is 1.06 bits per heavy atom. The summed E-state index contributed by atoms with van der Waals surface area (Å²) in [4.78, 5) is 25.0. The number of amides is 1. The second-order valence-electron chi connectivity index (χ2n) is 7.11. The molecule has 0 bridgehead atoms. The van der Waals surface area contributed by atoms with E-state index in [1.54, 1.807) is 49.0 Å². The third kappa shape index (κ3) is 5.90. The van der Waals surface area contributed by atoms with Crippen molar-refractivity contribution in [2.24, 2.45) is 0 Å². The van der Waals surface area contributed by atoms with Gasteiger partial charge in [0.25, 0.3) is 5.91 Å². The molecule has 2 aromatic heterocycles. The maximum absolute atomic E-state index is 12.6. The molecule has 1 N–H and O–H groups in total. The fourth-order valence-corrected chi connectivity index (χ4v) is 2.81. The van der Waals surface area contributed by atoms with E-state index in [9.17, 15) is 9.59 Å². The number of ether oxygens (including phenoxy) is 3. The standard InChI is InChI=1S/C23H27N3O6/c1-5-26-13-19(21(25-26)23(28)31-15(3)4)24-22(27)20-12-11-18(32-20)14-30-17-9-7-16(8-10-17)29-6-2/h7-13,15H,5-6,14H2,1-4H3,(H,24,27). The van der Waals surface area contributed by atoms with Crippen LogP contribution in [-0.4, -0.2) is 34.4 Å². The van der Waals surface area contributed by atoms with Crippen molar-refractivity contribution in [2.75, 3.05) is 11.9 Å². The molecule has 32 heavy (non-hydrogen) atoms. The summed E-state index contributed by atoms with van der Waals surface area (Å²) in [5.41, 5.74) is 0.297. The van der Waals surface area contributed by atoms with Crippen LogP contribution in [0.15, 0.2) is 47.0 Å². The molecule has 0 radical (unpaired) electrons. The quantitative estimate of drug-likeness (QED) is 0.468. The Morgan fingerprint density at radius 3 is 2.38 bits per heavy atom. The molecule has 0 saturated heterocycles. The first-order valence-corrected chi connectivity index (χ1v) is 10.4. The van der Waals surface area contributed by atoms with Crippen molar-refractivity contribution in [3.05, 3.63) is 59.8 Å². The maximum atomic E-state index is 12.6. The SMILES string of the molecule is CCOc1ccc(OCc2ccc(C(=O)Nc3cn(CC)nc3C(=O)OC(C)C)o2)cc1. The number of carbonyl (C=O) groups excluding carboxylic acids is 2. The lowest BCUT2D eigenvalue weighted by molar-refractivity contribution is 0.0371. The molecular weight excluding hydrogens is 414 g/mol. The van der Waals surface area contributed by atoms with E-state index in [0.717, 1.165) is 5.75 Å². The number of nitrogens with one attached hydrogen (secondary N) is 1. The minimum atomic E-state index is -0.605. The van der Waals surface area contributed by atoms with Gasteiger partial charge in [0.2, 0.25) is 0 Å². The van der Waals surface area contributed by atoms with Crippen molar-refractivity contribution < 1.29 is 28.2 Å². The first kappa shape index (κ1) is 22.9. The molecule has 0 fully saturated rings. The van der Waals surface area contributed by atoms with E-state index in [-0.39, 0.29) is 29.9 Å². The molecule has 0 spiro atoms. The van der Waals surface area contributed by atoms with E-state index >= 15 is 0 Å². The number of hydrogen-bond acceptors (Lipinski definition) is 7. The monoisotopic (exact) mass is 441 g/mol. The van der Waals surface area contributed by atoms with Crippen LogP contribution in [-0.2, 0) is 17.9 Å². The van der Waals surface area contributed by atoms with Gasteiger partial charge >= 0.3 is 5.97 Å². The zero-order valence-electron chi connectivity index (χ0n) is 18.6. The van der Waals surface area contributed by atoms with Gasteiger partial charge in [-0.15, -0.1) is 0 Å². The summed E-state index contributed by atoms with van der Waals surface area (Å²) >= 11 is 0.